The highest BCUT2D eigenvalue weighted by Crippen LogP contribution is 2.18. The summed E-state index contributed by atoms with van der Waals surface area (Å²) < 4.78 is 0. The van der Waals surface area contributed by atoms with Crippen LogP contribution in [0.5, 0.6) is 0 Å². The van der Waals surface area contributed by atoms with Crippen LogP contribution in [0.2, 0.25) is 0 Å². The molecule has 0 bridgehead atoms. The highest BCUT2D eigenvalue weighted by Gasteiger charge is 2.05. The molecule has 0 spiro atoms. The first kappa shape index (κ1) is 13.2. The van der Waals surface area contributed by atoms with E-state index in [0.29, 0.717) is 12.5 Å². The number of amides is 1. The number of carbonyl (C=O) groups is 1. The van der Waals surface area contributed by atoms with Crippen molar-refractivity contribution in [2.75, 3.05) is 0 Å². The highest BCUT2D eigenvalue weighted by atomic mass is 16.1. The van der Waals surface area contributed by atoms with Crippen molar-refractivity contribution in [3.63, 3.8) is 0 Å². The van der Waals surface area contributed by atoms with Gasteiger partial charge in [0.15, 0.2) is 0 Å². The van der Waals surface area contributed by atoms with E-state index in [0.717, 1.165) is 11.1 Å². The molecule has 17 heavy (non-hydrogen) atoms. The molecular weight excluding hydrogens is 212 g/mol. The maximum Gasteiger partial charge on any atom is 0.234 e. The van der Waals surface area contributed by atoms with E-state index in [9.17, 15) is 4.79 Å². The molecule has 90 valence electrons. The third-order valence-electron chi connectivity index (χ3n) is 2.76. The summed E-state index contributed by atoms with van der Waals surface area (Å²) in [5.41, 5.74) is 3.54. The summed E-state index contributed by atoms with van der Waals surface area (Å²) in [7, 11) is 0. The molecule has 0 aliphatic carbocycles. The molecule has 0 heterocycles. The Kier molecular flexibility index (Phi) is 4.71. The summed E-state index contributed by atoms with van der Waals surface area (Å²) in [6.45, 7) is 6.80. The van der Waals surface area contributed by atoms with E-state index in [1.54, 1.807) is 0 Å². The lowest BCUT2D eigenvalue weighted by molar-refractivity contribution is -0.120. The molecule has 0 aliphatic heterocycles. The van der Waals surface area contributed by atoms with Crippen LogP contribution in [0, 0.1) is 18.3 Å². The van der Waals surface area contributed by atoms with Gasteiger partial charge in [-0.15, -0.1) is 0 Å². The fourth-order valence-electron chi connectivity index (χ4n) is 1.57. The van der Waals surface area contributed by atoms with Gasteiger partial charge >= 0.3 is 0 Å². The molecule has 1 amide bonds. The van der Waals surface area contributed by atoms with Crippen LogP contribution in [0.1, 0.15) is 42.9 Å². The molecule has 3 nitrogen and oxygen atoms in total. The van der Waals surface area contributed by atoms with Crippen LogP contribution in [-0.2, 0) is 11.3 Å². The lowest BCUT2D eigenvalue weighted by atomic mass is 9.98. The van der Waals surface area contributed by atoms with E-state index >= 15 is 0 Å². The summed E-state index contributed by atoms with van der Waals surface area (Å²) in [4.78, 5) is 11.2. The first-order chi connectivity index (χ1) is 8.04. The van der Waals surface area contributed by atoms with Crippen LogP contribution >= 0.6 is 0 Å². The maximum atomic E-state index is 11.2. The van der Waals surface area contributed by atoms with Crippen LogP contribution in [0.15, 0.2) is 18.2 Å². The summed E-state index contributed by atoms with van der Waals surface area (Å²) in [5, 5.41) is 11.1. The van der Waals surface area contributed by atoms with Crippen molar-refractivity contribution in [2.24, 2.45) is 0 Å². The Labute approximate surface area is 102 Å². The SMILES string of the molecule is Cc1ccc(C(C)C)cc1CNC(=O)CC#N. The summed E-state index contributed by atoms with van der Waals surface area (Å²) in [6.07, 6.45) is -0.0804. The molecule has 1 N–H and O–H groups in total. The smallest absolute Gasteiger partial charge is 0.234 e. The first-order valence-corrected chi connectivity index (χ1v) is 5.77. The average Bonchev–Trinajstić information content (AvgIpc) is 2.28. The van der Waals surface area contributed by atoms with Gasteiger partial charge in [-0.1, -0.05) is 32.0 Å². The minimum atomic E-state index is -0.221. The molecule has 1 rings (SSSR count). The first-order valence-electron chi connectivity index (χ1n) is 5.77. The van der Waals surface area contributed by atoms with Crippen molar-refractivity contribution >= 4 is 5.91 Å². The Hall–Kier alpha value is -1.82. The van der Waals surface area contributed by atoms with Crippen molar-refractivity contribution in [3.05, 3.63) is 34.9 Å². The van der Waals surface area contributed by atoms with E-state index in [1.165, 1.54) is 5.56 Å². The van der Waals surface area contributed by atoms with E-state index in [4.69, 9.17) is 5.26 Å². The third-order valence-corrected chi connectivity index (χ3v) is 2.76. The number of benzene rings is 1. The van der Waals surface area contributed by atoms with Gasteiger partial charge in [0.05, 0.1) is 6.07 Å². The molecule has 0 radical (unpaired) electrons. The van der Waals surface area contributed by atoms with E-state index in [1.807, 2.05) is 13.0 Å². The number of aryl methyl sites for hydroxylation is 1. The van der Waals surface area contributed by atoms with Crippen LogP contribution in [0.4, 0.5) is 0 Å². The van der Waals surface area contributed by atoms with Gasteiger partial charge in [0.1, 0.15) is 6.42 Å². The largest absolute Gasteiger partial charge is 0.351 e. The Morgan fingerprint density at radius 1 is 1.47 bits per heavy atom. The minimum Gasteiger partial charge on any atom is -0.351 e. The maximum absolute atomic E-state index is 11.2. The molecule has 0 saturated carbocycles. The number of carbonyl (C=O) groups excluding carboxylic acids is 1. The van der Waals surface area contributed by atoms with Crippen LogP contribution in [0.25, 0.3) is 0 Å². The van der Waals surface area contributed by atoms with E-state index in [2.05, 4.69) is 37.4 Å². The molecule has 0 fully saturated rings. The van der Waals surface area contributed by atoms with Crippen molar-refractivity contribution in [1.29, 1.82) is 5.26 Å². The van der Waals surface area contributed by atoms with Gasteiger partial charge in [-0.3, -0.25) is 4.79 Å². The lowest BCUT2D eigenvalue weighted by Gasteiger charge is -2.11. The fourth-order valence-corrected chi connectivity index (χ4v) is 1.57. The molecular formula is C14H18N2O. The summed E-state index contributed by atoms with van der Waals surface area (Å²) in [5.74, 6) is 0.256. The monoisotopic (exact) mass is 230 g/mol. The highest BCUT2D eigenvalue weighted by molar-refractivity contribution is 5.77. The van der Waals surface area contributed by atoms with Crippen LogP contribution < -0.4 is 5.32 Å². The topological polar surface area (TPSA) is 52.9 Å². The van der Waals surface area contributed by atoms with Crippen LogP contribution in [-0.4, -0.2) is 5.91 Å². The Morgan fingerprint density at radius 2 is 2.18 bits per heavy atom. The predicted octanol–water partition coefficient (Wildman–Crippen LogP) is 2.65. The zero-order chi connectivity index (χ0) is 12.8. The second kappa shape index (κ2) is 6.05. The molecule has 1 aromatic rings. The number of nitrogens with zero attached hydrogens (tertiary/aromatic N) is 1. The third kappa shape index (κ3) is 3.92. The van der Waals surface area contributed by atoms with E-state index in [-0.39, 0.29) is 12.3 Å². The second-order valence-electron chi connectivity index (χ2n) is 4.45. The normalized spacial score (nSPS) is 10.1. The number of nitriles is 1. The zero-order valence-corrected chi connectivity index (χ0v) is 10.6. The van der Waals surface area contributed by atoms with Gasteiger partial charge in [-0.05, 0) is 29.5 Å². The van der Waals surface area contributed by atoms with Crippen LogP contribution in [0.3, 0.4) is 0 Å². The molecule has 0 unspecified atom stereocenters. The molecule has 1 aromatic carbocycles. The predicted molar refractivity (Wildman–Crippen MR) is 67.3 cm³/mol. The van der Waals surface area contributed by atoms with Gasteiger partial charge < -0.3 is 5.32 Å². The van der Waals surface area contributed by atoms with Gasteiger partial charge in [-0.25, -0.2) is 0 Å². The van der Waals surface area contributed by atoms with Crippen molar-refractivity contribution in [1.82, 2.24) is 5.32 Å². The standard InChI is InChI=1S/C14H18N2O/c1-10(2)12-5-4-11(3)13(8-12)9-16-14(17)6-7-15/h4-5,8,10H,6,9H2,1-3H3,(H,16,17). The number of hydrogen-bond donors (Lipinski definition) is 1. The summed E-state index contributed by atoms with van der Waals surface area (Å²) in [6, 6.07) is 8.14. The fraction of sp³-hybridized carbons (Fsp3) is 0.429. The minimum absolute atomic E-state index is 0.0804. The van der Waals surface area contributed by atoms with Gasteiger partial charge in [0, 0.05) is 6.54 Å². The Bertz CT molecular complexity index is 444. The summed E-state index contributed by atoms with van der Waals surface area (Å²) >= 11 is 0. The molecule has 3 heteroatoms. The van der Waals surface area contributed by atoms with Crippen molar-refractivity contribution in [3.8, 4) is 6.07 Å². The van der Waals surface area contributed by atoms with Gasteiger partial charge in [-0.2, -0.15) is 5.26 Å². The number of nitrogens with one attached hydrogen (secondary N) is 1. The average molecular weight is 230 g/mol. The second-order valence-corrected chi connectivity index (χ2v) is 4.45. The molecule has 0 aromatic heterocycles. The van der Waals surface area contributed by atoms with Gasteiger partial charge in [0.2, 0.25) is 5.91 Å². The molecule has 0 saturated heterocycles. The number of hydrogen-bond acceptors (Lipinski definition) is 2. The zero-order valence-electron chi connectivity index (χ0n) is 10.6. The number of rotatable bonds is 4. The van der Waals surface area contributed by atoms with Crippen molar-refractivity contribution < 1.29 is 4.79 Å². The van der Waals surface area contributed by atoms with Gasteiger partial charge in [0.25, 0.3) is 0 Å². The Morgan fingerprint density at radius 3 is 2.76 bits per heavy atom. The molecule has 0 atom stereocenters. The Balaban J connectivity index is 2.73. The van der Waals surface area contributed by atoms with Crippen molar-refractivity contribution in [2.45, 2.75) is 39.7 Å². The van der Waals surface area contributed by atoms with E-state index < -0.39 is 0 Å². The lowest BCUT2D eigenvalue weighted by Crippen LogP contribution is -2.22. The quantitative estimate of drug-likeness (QED) is 0.864. The molecule has 0 aliphatic rings.